The van der Waals surface area contributed by atoms with E-state index in [-0.39, 0.29) is 5.91 Å². The monoisotopic (exact) mass is 322 g/mol. The number of nitrogens with zero attached hydrogens (tertiary/aromatic N) is 1. The molecule has 0 aliphatic rings. The molecule has 2 unspecified atom stereocenters. The van der Waals surface area contributed by atoms with Gasteiger partial charge in [0.15, 0.2) is 0 Å². The van der Waals surface area contributed by atoms with Crippen LogP contribution in [0, 0.1) is 11.7 Å². The maximum Gasteiger partial charge on any atom is 0.328 e. The lowest BCUT2D eigenvalue weighted by Gasteiger charge is -2.17. The second-order valence-corrected chi connectivity index (χ2v) is 5.45. The van der Waals surface area contributed by atoms with Gasteiger partial charge in [0.1, 0.15) is 11.9 Å². The molecule has 0 saturated carbocycles. The first kappa shape index (κ1) is 18.8. The fraction of sp³-hybridized carbons (Fsp3) is 0.471. The molecule has 126 valence electrons. The number of rotatable bonds is 9. The number of carbonyl (C=O) groups excluding carboxylic acids is 2. The Bertz CT molecular complexity index is 548. The van der Waals surface area contributed by atoms with Gasteiger partial charge in [-0.2, -0.15) is 0 Å². The van der Waals surface area contributed by atoms with Crippen LogP contribution in [0.25, 0.3) is 0 Å². The molecule has 5 nitrogen and oxygen atoms in total. The molecule has 23 heavy (non-hydrogen) atoms. The van der Waals surface area contributed by atoms with Gasteiger partial charge in [0.25, 0.3) is 0 Å². The second kappa shape index (κ2) is 9.71. The van der Waals surface area contributed by atoms with E-state index < -0.39 is 23.7 Å². The van der Waals surface area contributed by atoms with Gasteiger partial charge in [-0.3, -0.25) is 9.78 Å². The van der Waals surface area contributed by atoms with Gasteiger partial charge < -0.3 is 10.1 Å². The largest absolute Gasteiger partial charge is 0.464 e. The normalized spacial score (nSPS) is 13.0. The van der Waals surface area contributed by atoms with Gasteiger partial charge in [0.2, 0.25) is 5.91 Å². The lowest BCUT2D eigenvalue weighted by atomic mass is 10.0. The zero-order valence-electron chi connectivity index (χ0n) is 13.5. The number of carbonyl (C=O) groups is 2. The Labute approximate surface area is 135 Å². The average Bonchev–Trinajstić information content (AvgIpc) is 2.51. The van der Waals surface area contributed by atoms with E-state index in [1.54, 1.807) is 19.9 Å². The van der Waals surface area contributed by atoms with Crippen LogP contribution in [0.1, 0.15) is 32.3 Å². The molecule has 0 spiro atoms. The van der Waals surface area contributed by atoms with Crippen LogP contribution in [-0.4, -0.2) is 29.5 Å². The van der Waals surface area contributed by atoms with Crippen LogP contribution >= 0.6 is 0 Å². The number of nitrogens with one attached hydrogen (secondary N) is 1. The molecule has 0 fully saturated rings. The van der Waals surface area contributed by atoms with E-state index >= 15 is 0 Å². The van der Waals surface area contributed by atoms with Crippen LogP contribution in [0.2, 0.25) is 0 Å². The summed E-state index contributed by atoms with van der Waals surface area (Å²) in [4.78, 5) is 27.6. The van der Waals surface area contributed by atoms with Gasteiger partial charge in [-0.15, -0.1) is 6.58 Å². The van der Waals surface area contributed by atoms with E-state index in [0.717, 1.165) is 12.6 Å². The Balaban J connectivity index is 2.41. The van der Waals surface area contributed by atoms with Gasteiger partial charge in [0, 0.05) is 12.1 Å². The fourth-order valence-electron chi connectivity index (χ4n) is 1.95. The minimum Gasteiger partial charge on any atom is -0.464 e. The van der Waals surface area contributed by atoms with Gasteiger partial charge in [-0.05, 0) is 37.8 Å². The molecular weight excluding hydrogens is 299 g/mol. The molecule has 1 N–H and O–H groups in total. The number of halogens is 1. The molecule has 1 aromatic rings. The Morgan fingerprint density at radius 1 is 1.43 bits per heavy atom. The van der Waals surface area contributed by atoms with E-state index in [1.807, 2.05) is 0 Å². The van der Waals surface area contributed by atoms with E-state index in [4.69, 9.17) is 4.74 Å². The molecule has 1 heterocycles. The predicted octanol–water partition coefficient (Wildman–Crippen LogP) is 2.41. The molecule has 1 amide bonds. The molecule has 6 heteroatoms. The van der Waals surface area contributed by atoms with Crippen molar-refractivity contribution in [1.29, 1.82) is 0 Å². The average molecular weight is 322 g/mol. The van der Waals surface area contributed by atoms with Gasteiger partial charge in [0.05, 0.1) is 12.8 Å². The predicted molar refractivity (Wildman–Crippen MR) is 85.1 cm³/mol. The minimum absolute atomic E-state index is 0.287. The number of hydrogen-bond acceptors (Lipinski definition) is 4. The van der Waals surface area contributed by atoms with Crippen molar-refractivity contribution in [3.05, 3.63) is 42.5 Å². The van der Waals surface area contributed by atoms with Crippen LogP contribution in [0.3, 0.4) is 0 Å². The summed E-state index contributed by atoms with van der Waals surface area (Å²) in [6, 6.07) is 0.618. The van der Waals surface area contributed by atoms with E-state index in [9.17, 15) is 14.0 Å². The van der Waals surface area contributed by atoms with Gasteiger partial charge >= 0.3 is 5.97 Å². The Morgan fingerprint density at radius 2 is 2.17 bits per heavy atom. The molecule has 0 aromatic carbocycles. The van der Waals surface area contributed by atoms with Crippen molar-refractivity contribution in [1.82, 2.24) is 10.3 Å². The highest BCUT2D eigenvalue weighted by Gasteiger charge is 2.21. The molecule has 0 saturated heterocycles. The third-order valence-corrected chi connectivity index (χ3v) is 3.26. The van der Waals surface area contributed by atoms with Crippen LogP contribution < -0.4 is 5.32 Å². The van der Waals surface area contributed by atoms with Crippen molar-refractivity contribution >= 4 is 11.9 Å². The van der Waals surface area contributed by atoms with Gasteiger partial charge in [-0.1, -0.05) is 13.0 Å². The van der Waals surface area contributed by atoms with E-state index in [2.05, 4.69) is 16.9 Å². The molecule has 1 aromatic heterocycles. The summed E-state index contributed by atoms with van der Waals surface area (Å²) >= 11 is 0. The summed E-state index contributed by atoms with van der Waals surface area (Å²) in [6.07, 6.45) is 6.20. The maximum absolute atomic E-state index is 13.1. The van der Waals surface area contributed by atoms with Crippen molar-refractivity contribution in [2.75, 3.05) is 6.61 Å². The van der Waals surface area contributed by atoms with E-state index in [0.29, 0.717) is 25.0 Å². The molecule has 0 aliphatic carbocycles. The number of aromatic nitrogens is 1. The van der Waals surface area contributed by atoms with Gasteiger partial charge in [-0.25, -0.2) is 9.18 Å². The number of ether oxygens (including phenoxy) is 1. The summed E-state index contributed by atoms with van der Waals surface area (Å²) in [5.74, 6) is -1.60. The van der Waals surface area contributed by atoms with Crippen LogP contribution in [0.4, 0.5) is 4.39 Å². The topological polar surface area (TPSA) is 68.3 Å². The summed E-state index contributed by atoms with van der Waals surface area (Å²) in [7, 11) is 0. The fourth-order valence-corrected chi connectivity index (χ4v) is 1.95. The Kier molecular flexibility index (Phi) is 7.94. The SMILES string of the molecule is C=CCCCOC(=O)C(C)NC(=O)C(C)Cc1cncc(F)c1. The molecule has 2 atom stereocenters. The highest BCUT2D eigenvalue weighted by molar-refractivity contribution is 5.85. The highest BCUT2D eigenvalue weighted by atomic mass is 19.1. The minimum atomic E-state index is -0.723. The Morgan fingerprint density at radius 3 is 2.83 bits per heavy atom. The van der Waals surface area contributed by atoms with Crippen molar-refractivity contribution in [3.63, 3.8) is 0 Å². The number of pyridine rings is 1. The summed E-state index contributed by atoms with van der Waals surface area (Å²) in [5.41, 5.74) is 0.632. The first-order valence-corrected chi connectivity index (χ1v) is 7.61. The first-order valence-electron chi connectivity index (χ1n) is 7.61. The summed E-state index contributed by atoms with van der Waals surface area (Å²) in [6.45, 7) is 7.17. The lowest BCUT2D eigenvalue weighted by molar-refractivity contribution is -0.147. The number of amides is 1. The number of unbranched alkanes of at least 4 members (excludes halogenated alkanes) is 1. The van der Waals surface area contributed by atoms with E-state index in [1.165, 1.54) is 12.3 Å². The van der Waals surface area contributed by atoms with Crippen LogP contribution in [0.5, 0.6) is 0 Å². The van der Waals surface area contributed by atoms with Crippen molar-refractivity contribution in [2.24, 2.45) is 5.92 Å². The van der Waals surface area contributed by atoms with Crippen LogP contribution in [0.15, 0.2) is 31.1 Å². The third kappa shape index (κ3) is 7.04. The summed E-state index contributed by atoms with van der Waals surface area (Å²) < 4.78 is 18.1. The standard InChI is InChI=1S/C17H23FN2O3/c1-4-5-6-7-23-17(22)13(3)20-16(21)12(2)8-14-9-15(18)11-19-10-14/h4,9-13H,1,5-8H2,2-3H3,(H,20,21). The zero-order valence-corrected chi connectivity index (χ0v) is 13.5. The summed E-state index contributed by atoms with van der Waals surface area (Å²) in [5, 5.41) is 2.61. The lowest BCUT2D eigenvalue weighted by Crippen LogP contribution is -2.42. The zero-order chi connectivity index (χ0) is 17.2. The van der Waals surface area contributed by atoms with Crippen LogP contribution in [-0.2, 0) is 20.7 Å². The molecule has 1 rings (SSSR count). The number of esters is 1. The van der Waals surface area contributed by atoms with Crippen molar-refractivity contribution in [2.45, 2.75) is 39.2 Å². The first-order chi connectivity index (χ1) is 10.9. The second-order valence-electron chi connectivity index (χ2n) is 5.45. The number of hydrogen-bond donors (Lipinski definition) is 1. The molecule has 0 bridgehead atoms. The van der Waals surface area contributed by atoms with Crippen molar-refractivity contribution in [3.8, 4) is 0 Å². The number of allylic oxidation sites excluding steroid dienone is 1. The quantitative estimate of drug-likeness (QED) is 0.431. The molecule has 0 radical (unpaired) electrons. The molecular formula is C17H23FN2O3. The molecule has 0 aliphatic heterocycles. The van der Waals surface area contributed by atoms with Crippen molar-refractivity contribution < 1.29 is 18.7 Å². The maximum atomic E-state index is 13.1. The Hall–Kier alpha value is -2.24. The smallest absolute Gasteiger partial charge is 0.328 e. The highest BCUT2D eigenvalue weighted by Crippen LogP contribution is 2.09. The third-order valence-electron chi connectivity index (χ3n) is 3.26.